The van der Waals surface area contributed by atoms with Gasteiger partial charge in [0.25, 0.3) is 0 Å². The summed E-state index contributed by atoms with van der Waals surface area (Å²) < 4.78 is 0. The van der Waals surface area contributed by atoms with Gasteiger partial charge in [-0.1, -0.05) is 40.5 Å². The molecule has 0 aromatic carbocycles. The normalized spacial score (nSPS) is 14.3. The minimum atomic E-state index is -0.699. The molecule has 0 radical (unpaired) electrons. The van der Waals surface area contributed by atoms with Crippen LogP contribution in [0.1, 0.15) is 47.0 Å². The van der Waals surface area contributed by atoms with Gasteiger partial charge in [0.1, 0.15) is 6.04 Å². The Morgan fingerprint density at radius 2 is 1.93 bits per heavy atom. The molecule has 1 atom stereocenters. The topological polar surface area (TPSA) is 40.5 Å². The van der Waals surface area contributed by atoms with E-state index in [9.17, 15) is 4.79 Å². The Hall–Kier alpha value is -0.570. The third kappa shape index (κ3) is 6.50. The van der Waals surface area contributed by atoms with Crippen LogP contribution < -0.4 is 0 Å². The van der Waals surface area contributed by atoms with Crippen molar-refractivity contribution in [3.8, 4) is 0 Å². The van der Waals surface area contributed by atoms with Gasteiger partial charge in [0.15, 0.2) is 0 Å². The van der Waals surface area contributed by atoms with Gasteiger partial charge in [0.2, 0.25) is 0 Å². The third-order valence-electron chi connectivity index (χ3n) is 2.37. The fourth-order valence-corrected chi connectivity index (χ4v) is 1.79. The van der Waals surface area contributed by atoms with E-state index in [2.05, 4.69) is 27.7 Å². The molecule has 0 saturated carbocycles. The standard InChI is InChI=1S/C12H25NO2/c1-6-7-8-10(11(14)15)13(5)9-12(2,3)4/h10H,6-9H2,1-5H3,(H,14,15). The van der Waals surface area contributed by atoms with E-state index in [0.29, 0.717) is 0 Å². The average Bonchev–Trinajstić information content (AvgIpc) is 2.00. The summed E-state index contributed by atoms with van der Waals surface area (Å²) in [6.45, 7) is 9.28. The van der Waals surface area contributed by atoms with Crippen molar-refractivity contribution in [3.63, 3.8) is 0 Å². The molecule has 0 aliphatic rings. The number of likely N-dealkylation sites (N-methyl/N-ethyl adjacent to an activating group) is 1. The number of unbranched alkanes of at least 4 members (excludes halogenated alkanes) is 1. The van der Waals surface area contributed by atoms with Gasteiger partial charge in [-0.3, -0.25) is 9.69 Å². The minimum absolute atomic E-state index is 0.147. The lowest BCUT2D eigenvalue weighted by molar-refractivity contribution is -0.143. The van der Waals surface area contributed by atoms with Crippen LogP contribution in [0.15, 0.2) is 0 Å². The number of rotatable bonds is 6. The largest absolute Gasteiger partial charge is 0.480 e. The smallest absolute Gasteiger partial charge is 0.320 e. The molecule has 1 N–H and O–H groups in total. The zero-order valence-electron chi connectivity index (χ0n) is 10.7. The van der Waals surface area contributed by atoms with Crippen LogP contribution in [0, 0.1) is 5.41 Å². The van der Waals surface area contributed by atoms with Crippen molar-refractivity contribution < 1.29 is 9.90 Å². The molecule has 3 heteroatoms. The third-order valence-corrected chi connectivity index (χ3v) is 2.37. The van der Waals surface area contributed by atoms with E-state index in [1.807, 2.05) is 11.9 Å². The van der Waals surface area contributed by atoms with Gasteiger partial charge in [-0.15, -0.1) is 0 Å². The van der Waals surface area contributed by atoms with Gasteiger partial charge in [0.05, 0.1) is 0 Å². The fraction of sp³-hybridized carbons (Fsp3) is 0.917. The maximum Gasteiger partial charge on any atom is 0.320 e. The second kappa shape index (κ2) is 6.11. The SMILES string of the molecule is CCCCC(C(=O)O)N(C)CC(C)(C)C. The molecule has 90 valence electrons. The molecular formula is C12H25NO2. The molecule has 3 nitrogen and oxygen atoms in total. The Morgan fingerprint density at radius 1 is 1.40 bits per heavy atom. The molecule has 0 heterocycles. The highest BCUT2D eigenvalue weighted by Crippen LogP contribution is 2.17. The van der Waals surface area contributed by atoms with Crippen LogP contribution in [0.5, 0.6) is 0 Å². The minimum Gasteiger partial charge on any atom is -0.480 e. The molecule has 0 aliphatic carbocycles. The Labute approximate surface area is 93.5 Å². The summed E-state index contributed by atoms with van der Waals surface area (Å²) in [6, 6.07) is -0.329. The van der Waals surface area contributed by atoms with E-state index in [1.165, 1.54) is 0 Å². The zero-order chi connectivity index (χ0) is 12.1. The van der Waals surface area contributed by atoms with E-state index in [-0.39, 0.29) is 11.5 Å². The van der Waals surface area contributed by atoms with Crippen molar-refractivity contribution in [3.05, 3.63) is 0 Å². The Morgan fingerprint density at radius 3 is 2.27 bits per heavy atom. The van der Waals surface area contributed by atoms with Crippen molar-refractivity contribution in [1.82, 2.24) is 4.90 Å². The summed E-state index contributed by atoms with van der Waals surface area (Å²) in [7, 11) is 1.90. The maximum absolute atomic E-state index is 11.1. The first kappa shape index (κ1) is 14.4. The predicted molar refractivity (Wildman–Crippen MR) is 63.0 cm³/mol. The van der Waals surface area contributed by atoms with Crippen LogP contribution in [0.4, 0.5) is 0 Å². The number of hydrogen-bond donors (Lipinski definition) is 1. The molecule has 0 aromatic heterocycles. The van der Waals surface area contributed by atoms with Crippen LogP contribution in [0.3, 0.4) is 0 Å². The van der Waals surface area contributed by atoms with Crippen LogP contribution in [0.2, 0.25) is 0 Å². The van der Waals surface area contributed by atoms with Crippen LogP contribution in [-0.4, -0.2) is 35.6 Å². The van der Waals surface area contributed by atoms with E-state index in [4.69, 9.17) is 5.11 Å². The quantitative estimate of drug-likeness (QED) is 0.740. The van der Waals surface area contributed by atoms with Crippen molar-refractivity contribution >= 4 is 5.97 Å². The molecule has 0 aliphatic heterocycles. The molecule has 0 aromatic rings. The van der Waals surface area contributed by atoms with Gasteiger partial charge < -0.3 is 5.11 Å². The molecule has 15 heavy (non-hydrogen) atoms. The highest BCUT2D eigenvalue weighted by molar-refractivity contribution is 5.73. The summed E-state index contributed by atoms with van der Waals surface area (Å²) in [5, 5.41) is 9.13. The monoisotopic (exact) mass is 215 g/mol. The number of aliphatic carboxylic acids is 1. The molecular weight excluding hydrogens is 190 g/mol. The molecule has 0 rings (SSSR count). The lowest BCUT2D eigenvalue weighted by Gasteiger charge is -2.31. The molecule has 1 unspecified atom stereocenters. The molecule has 0 amide bonds. The van der Waals surface area contributed by atoms with Crippen LogP contribution >= 0.6 is 0 Å². The van der Waals surface area contributed by atoms with E-state index >= 15 is 0 Å². The van der Waals surface area contributed by atoms with Gasteiger partial charge in [-0.25, -0.2) is 0 Å². The molecule has 0 saturated heterocycles. The lowest BCUT2D eigenvalue weighted by atomic mass is 9.95. The van der Waals surface area contributed by atoms with Crippen molar-refractivity contribution in [2.24, 2.45) is 5.41 Å². The predicted octanol–water partition coefficient (Wildman–Crippen LogP) is 2.61. The second-order valence-electron chi connectivity index (χ2n) is 5.47. The van der Waals surface area contributed by atoms with Gasteiger partial charge in [-0.2, -0.15) is 0 Å². The van der Waals surface area contributed by atoms with Crippen LogP contribution in [0.25, 0.3) is 0 Å². The van der Waals surface area contributed by atoms with Crippen molar-refractivity contribution in [1.29, 1.82) is 0 Å². The summed E-state index contributed by atoms with van der Waals surface area (Å²) in [5.74, 6) is -0.699. The van der Waals surface area contributed by atoms with Crippen molar-refractivity contribution in [2.75, 3.05) is 13.6 Å². The average molecular weight is 215 g/mol. The first-order valence-electron chi connectivity index (χ1n) is 5.71. The Balaban J connectivity index is 4.29. The summed E-state index contributed by atoms with van der Waals surface area (Å²) >= 11 is 0. The number of nitrogens with zero attached hydrogens (tertiary/aromatic N) is 1. The number of hydrogen-bond acceptors (Lipinski definition) is 2. The molecule has 0 spiro atoms. The summed E-state index contributed by atoms with van der Waals surface area (Å²) in [5.41, 5.74) is 0.147. The Kier molecular flexibility index (Phi) is 5.88. The summed E-state index contributed by atoms with van der Waals surface area (Å²) in [6.07, 6.45) is 2.77. The number of carbonyl (C=O) groups is 1. The van der Waals surface area contributed by atoms with E-state index in [0.717, 1.165) is 25.8 Å². The highest BCUT2D eigenvalue weighted by Gasteiger charge is 2.25. The first-order chi connectivity index (χ1) is 6.78. The molecule has 0 bridgehead atoms. The first-order valence-corrected chi connectivity index (χ1v) is 5.71. The van der Waals surface area contributed by atoms with Crippen molar-refractivity contribution in [2.45, 2.75) is 53.0 Å². The van der Waals surface area contributed by atoms with Crippen LogP contribution in [-0.2, 0) is 4.79 Å². The van der Waals surface area contributed by atoms with Gasteiger partial charge in [0, 0.05) is 6.54 Å². The second-order valence-corrected chi connectivity index (χ2v) is 5.47. The summed E-state index contributed by atoms with van der Waals surface area (Å²) in [4.78, 5) is 13.0. The maximum atomic E-state index is 11.1. The number of carboxylic acids is 1. The van der Waals surface area contributed by atoms with Gasteiger partial charge >= 0.3 is 5.97 Å². The Bertz CT molecular complexity index is 196. The zero-order valence-corrected chi connectivity index (χ0v) is 10.7. The fourth-order valence-electron chi connectivity index (χ4n) is 1.79. The lowest BCUT2D eigenvalue weighted by Crippen LogP contribution is -2.42. The number of carboxylic acid groups (broad SMARTS) is 1. The van der Waals surface area contributed by atoms with E-state index < -0.39 is 5.97 Å². The van der Waals surface area contributed by atoms with E-state index in [1.54, 1.807) is 0 Å². The highest BCUT2D eigenvalue weighted by atomic mass is 16.4. The van der Waals surface area contributed by atoms with Gasteiger partial charge in [-0.05, 0) is 18.9 Å². The molecule has 0 fully saturated rings.